The molecule has 2 aromatic carbocycles. The van der Waals surface area contributed by atoms with Crippen molar-refractivity contribution in [3.8, 4) is 5.75 Å². The fourth-order valence-corrected chi connectivity index (χ4v) is 9.59. The zero-order valence-corrected chi connectivity index (χ0v) is 31.0. The number of carbonyl (C=O) groups excluding carboxylic acids is 3. The molecule has 0 unspecified atom stereocenters. The van der Waals surface area contributed by atoms with Crippen molar-refractivity contribution in [3.63, 3.8) is 0 Å². The van der Waals surface area contributed by atoms with Crippen LogP contribution in [-0.4, -0.2) is 130 Å². The highest BCUT2D eigenvalue weighted by Crippen LogP contribution is 2.34. The van der Waals surface area contributed by atoms with Crippen LogP contribution in [-0.2, 0) is 32.4 Å². The molecular weight excluding hydrogens is 668 g/mol. The maximum atomic E-state index is 14.1. The highest BCUT2D eigenvalue weighted by Gasteiger charge is 2.38. The Morgan fingerprint density at radius 3 is 2.12 bits per heavy atom. The third-order valence-corrected chi connectivity index (χ3v) is 13.5. The van der Waals surface area contributed by atoms with E-state index < -0.39 is 22.2 Å². The van der Waals surface area contributed by atoms with Crippen molar-refractivity contribution < 1.29 is 32.6 Å². The minimum absolute atomic E-state index is 0.00619. The summed E-state index contributed by atoms with van der Waals surface area (Å²) in [6.45, 7) is 5.36. The fraction of sp³-hybridized carbons (Fsp3) is 0.583. The van der Waals surface area contributed by atoms with Crippen molar-refractivity contribution in [2.45, 2.75) is 70.4 Å². The molecule has 3 fully saturated rings. The van der Waals surface area contributed by atoms with Crippen molar-refractivity contribution in [3.05, 3.63) is 47.5 Å². The Balaban J connectivity index is 1.07. The number of phenolic OH excluding ortho intramolecular Hbond substituents is 1. The molecule has 0 aromatic heterocycles. The quantitative estimate of drug-likeness (QED) is 0.386. The van der Waals surface area contributed by atoms with Gasteiger partial charge in [0.05, 0.1) is 5.75 Å². The predicted octanol–water partition coefficient (Wildman–Crippen LogP) is 0.812. The molecule has 2 aromatic rings. The number of likely N-dealkylation sites (tertiary alicyclic amines) is 2. The Morgan fingerprint density at radius 2 is 1.49 bits per heavy atom. The summed E-state index contributed by atoms with van der Waals surface area (Å²) < 4.78 is 32.3. The van der Waals surface area contributed by atoms with Gasteiger partial charge in [-0.05, 0) is 91.8 Å². The number of ether oxygens (including phenoxy) is 1. The molecule has 51 heavy (non-hydrogen) atoms. The van der Waals surface area contributed by atoms with Crippen LogP contribution >= 0.6 is 0 Å². The van der Waals surface area contributed by atoms with Gasteiger partial charge in [0.25, 0.3) is 5.91 Å². The standard InChI is InChI=1S/C36H51B2N5O7S/c1-2-51(48,49)42-18-9-26(10-19-42)25-7-14-40(15-8-25)34(45)32(23-24-21-29(37)33(44)30(38)22-24)50-36(47)41-16-12-28(13-17-41)43-20-11-27-5-3-4-6-31(27)39-35(43)46/h3-6,21-22,25-26,28,32,44H,2,7-20,23,37-38H2,1H3,(H,39,46)/t32-/m1/s1. The van der Waals surface area contributed by atoms with E-state index in [0.29, 0.717) is 81.4 Å². The molecule has 2 N–H and O–H groups in total. The zero-order chi connectivity index (χ0) is 36.3. The molecule has 0 saturated carbocycles. The van der Waals surface area contributed by atoms with Crippen LogP contribution in [0.1, 0.15) is 56.6 Å². The molecule has 0 spiro atoms. The lowest BCUT2D eigenvalue weighted by Crippen LogP contribution is -2.52. The van der Waals surface area contributed by atoms with E-state index in [9.17, 15) is 27.9 Å². The normalized spacial score (nSPS) is 20.7. The number of hydrogen-bond donors (Lipinski definition) is 2. The number of nitrogens with one attached hydrogen (secondary N) is 1. The Kier molecular flexibility index (Phi) is 11.5. The minimum Gasteiger partial charge on any atom is -0.509 e. The molecule has 1 atom stereocenters. The number of fused-ring (bicyclic) bond motifs is 1. The van der Waals surface area contributed by atoms with Gasteiger partial charge in [-0.3, -0.25) is 4.79 Å². The van der Waals surface area contributed by atoms with E-state index >= 15 is 0 Å². The third kappa shape index (κ3) is 8.51. The van der Waals surface area contributed by atoms with Gasteiger partial charge in [0.2, 0.25) is 10.0 Å². The number of para-hydroxylation sites is 1. The number of nitrogens with zero attached hydrogens (tertiary/aromatic N) is 4. The molecule has 3 saturated heterocycles. The van der Waals surface area contributed by atoms with E-state index in [1.807, 2.05) is 61.9 Å². The lowest BCUT2D eigenvalue weighted by molar-refractivity contribution is -0.142. The number of urea groups is 1. The molecule has 12 nitrogen and oxygen atoms in total. The zero-order valence-electron chi connectivity index (χ0n) is 30.2. The van der Waals surface area contributed by atoms with E-state index in [1.54, 1.807) is 16.1 Å². The summed E-state index contributed by atoms with van der Waals surface area (Å²) >= 11 is 0. The number of sulfonamides is 1. The second-order valence-electron chi connectivity index (χ2n) is 14.7. The van der Waals surface area contributed by atoms with Gasteiger partial charge in [0.1, 0.15) is 21.4 Å². The van der Waals surface area contributed by atoms with E-state index in [2.05, 4.69) is 5.32 Å². The first-order chi connectivity index (χ1) is 24.4. The summed E-state index contributed by atoms with van der Waals surface area (Å²) in [5, 5.41) is 13.4. The highest BCUT2D eigenvalue weighted by molar-refractivity contribution is 7.89. The van der Waals surface area contributed by atoms with Crippen molar-refractivity contribution in [1.82, 2.24) is 19.0 Å². The third-order valence-electron chi connectivity index (χ3n) is 11.6. The Hall–Kier alpha value is -3.71. The summed E-state index contributed by atoms with van der Waals surface area (Å²) in [5.74, 6) is 0.971. The van der Waals surface area contributed by atoms with E-state index in [4.69, 9.17) is 4.74 Å². The maximum Gasteiger partial charge on any atom is 0.410 e. The van der Waals surface area contributed by atoms with Gasteiger partial charge < -0.3 is 29.9 Å². The molecule has 4 amide bonds. The Morgan fingerprint density at radius 1 is 0.902 bits per heavy atom. The molecule has 0 aliphatic carbocycles. The number of carbonyl (C=O) groups is 3. The molecule has 4 heterocycles. The molecular formula is C36H51B2N5O7S. The van der Waals surface area contributed by atoms with Crippen LogP contribution in [0, 0.1) is 11.8 Å². The van der Waals surface area contributed by atoms with Crippen LogP contribution in [0.5, 0.6) is 5.75 Å². The number of amides is 4. The average Bonchev–Trinajstić information content (AvgIpc) is 3.31. The van der Waals surface area contributed by atoms with E-state index in [1.165, 1.54) is 0 Å². The van der Waals surface area contributed by atoms with Gasteiger partial charge in [0, 0.05) is 64.0 Å². The molecule has 0 radical (unpaired) electrons. The Bertz CT molecular complexity index is 1680. The van der Waals surface area contributed by atoms with Crippen LogP contribution in [0.2, 0.25) is 0 Å². The average molecular weight is 720 g/mol. The molecule has 274 valence electrons. The van der Waals surface area contributed by atoms with Crippen molar-refractivity contribution in [2.24, 2.45) is 11.8 Å². The number of hydrogen-bond acceptors (Lipinski definition) is 7. The second kappa shape index (κ2) is 15.9. The summed E-state index contributed by atoms with van der Waals surface area (Å²) in [5.41, 5.74) is 4.16. The molecule has 0 bridgehead atoms. The van der Waals surface area contributed by atoms with Crippen molar-refractivity contribution >= 4 is 60.4 Å². The molecule has 15 heteroatoms. The summed E-state index contributed by atoms with van der Waals surface area (Å²) in [4.78, 5) is 46.2. The summed E-state index contributed by atoms with van der Waals surface area (Å²) in [6, 6.07) is 11.4. The summed E-state index contributed by atoms with van der Waals surface area (Å²) in [7, 11) is 0.455. The van der Waals surface area contributed by atoms with Crippen molar-refractivity contribution in [2.75, 3.05) is 56.9 Å². The van der Waals surface area contributed by atoms with Gasteiger partial charge >= 0.3 is 12.1 Å². The highest BCUT2D eigenvalue weighted by atomic mass is 32.2. The topological polar surface area (TPSA) is 140 Å². The number of rotatable bonds is 8. The largest absolute Gasteiger partial charge is 0.509 e. The maximum absolute atomic E-state index is 14.1. The van der Waals surface area contributed by atoms with Gasteiger partial charge in [0.15, 0.2) is 6.10 Å². The van der Waals surface area contributed by atoms with Crippen LogP contribution in [0.25, 0.3) is 0 Å². The minimum atomic E-state index is -3.17. The predicted molar refractivity (Wildman–Crippen MR) is 202 cm³/mol. The van der Waals surface area contributed by atoms with Gasteiger partial charge in [-0.25, -0.2) is 22.3 Å². The van der Waals surface area contributed by atoms with Gasteiger partial charge in [-0.2, -0.15) is 0 Å². The lowest BCUT2D eigenvalue weighted by Gasteiger charge is -2.40. The van der Waals surface area contributed by atoms with E-state index in [0.717, 1.165) is 48.9 Å². The number of aromatic hydroxyl groups is 1. The van der Waals surface area contributed by atoms with Crippen molar-refractivity contribution in [1.29, 1.82) is 0 Å². The molecule has 4 aliphatic rings. The first-order valence-corrected chi connectivity index (χ1v) is 20.2. The number of phenols is 1. The molecule has 4 aliphatic heterocycles. The second-order valence-corrected chi connectivity index (χ2v) is 17.0. The van der Waals surface area contributed by atoms with Gasteiger partial charge in [-0.1, -0.05) is 30.3 Å². The molecule has 6 rings (SSSR count). The first kappa shape index (κ1) is 37.1. The number of anilines is 1. The Labute approximate surface area is 303 Å². The van der Waals surface area contributed by atoms with Crippen LogP contribution in [0.15, 0.2) is 36.4 Å². The van der Waals surface area contributed by atoms with Crippen LogP contribution in [0.4, 0.5) is 15.3 Å². The first-order valence-electron chi connectivity index (χ1n) is 18.6. The van der Waals surface area contributed by atoms with Crippen LogP contribution < -0.4 is 16.2 Å². The number of piperidine rings is 3. The monoisotopic (exact) mass is 719 g/mol. The van der Waals surface area contributed by atoms with Gasteiger partial charge in [-0.15, -0.1) is 0 Å². The smallest absolute Gasteiger partial charge is 0.410 e. The summed E-state index contributed by atoms with van der Waals surface area (Å²) in [6.07, 6.45) is 3.97. The lowest BCUT2D eigenvalue weighted by atomic mass is 9.79. The number of benzene rings is 2. The fourth-order valence-electron chi connectivity index (χ4n) is 8.45. The SMILES string of the molecule is Bc1cc(C[C@@H](OC(=O)N2CCC(N3CCc4ccccc4NC3=O)CC2)C(=O)N2CCC(C3CCN(S(=O)(=O)CC)CC3)CC2)cc(B)c1O. The van der Waals surface area contributed by atoms with Crippen LogP contribution in [0.3, 0.4) is 0 Å². The van der Waals surface area contributed by atoms with E-state index in [-0.39, 0.29) is 35.9 Å².